The molecule has 4 nitrogen and oxygen atoms in total. The fourth-order valence-electron chi connectivity index (χ4n) is 4.14. The SMILES string of the molecule is COc1cc2c(cc1OC)C(C1(O)CCCCC1)CN(C)C2. The van der Waals surface area contributed by atoms with Crippen molar-refractivity contribution in [1.82, 2.24) is 4.90 Å². The first kappa shape index (κ1) is 15.6. The monoisotopic (exact) mass is 305 g/mol. The molecular weight excluding hydrogens is 278 g/mol. The quantitative estimate of drug-likeness (QED) is 0.932. The third-order valence-electron chi connectivity index (χ3n) is 5.32. The fourth-order valence-corrected chi connectivity index (χ4v) is 4.14. The van der Waals surface area contributed by atoms with Crippen LogP contribution in [-0.4, -0.2) is 43.4 Å². The second-order valence-corrected chi connectivity index (χ2v) is 6.82. The van der Waals surface area contributed by atoms with Gasteiger partial charge in [0.05, 0.1) is 19.8 Å². The molecule has 4 heteroatoms. The summed E-state index contributed by atoms with van der Waals surface area (Å²) in [4.78, 5) is 2.30. The van der Waals surface area contributed by atoms with Gasteiger partial charge >= 0.3 is 0 Å². The molecule has 122 valence electrons. The zero-order valence-corrected chi connectivity index (χ0v) is 13.9. The minimum atomic E-state index is -0.582. The third-order valence-corrected chi connectivity index (χ3v) is 5.32. The molecule has 1 aliphatic carbocycles. The summed E-state index contributed by atoms with van der Waals surface area (Å²) in [6, 6.07) is 4.15. The van der Waals surface area contributed by atoms with Crippen LogP contribution in [0.25, 0.3) is 0 Å². The Morgan fingerprint density at radius 3 is 2.36 bits per heavy atom. The molecule has 1 atom stereocenters. The van der Waals surface area contributed by atoms with Gasteiger partial charge in [0, 0.05) is 19.0 Å². The molecule has 1 aromatic carbocycles. The lowest BCUT2D eigenvalue weighted by molar-refractivity contribution is -0.0334. The van der Waals surface area contributed by atoms with Crippen LogP contribution in [0.3, 0.4) is 0 Å². The van der Waals surface area contributed by atoms with Gasteiger partial charge in [-0.3, -0.25) is 0 Å². The van der Waals surface area contributed by atoms with E-state index in [0.717, 1.165) is 50.3 Å². The number of aliphatic hydroxyl groups is 1. The molecule has 0 aromatic heterocycles. The van der Waals surface area contributed by atoms with Crippen LogP contribution in [0, 0.1) is 0 Å². The van der Waals surface area contributed by atoms with E-state index < -0.39 is 5.60 Å². The van der Waals surface area contributed by atoms with Crippen molar-refractivity contribution in [2.45, 2.75) is 50.2 Å². The molecule has 1 heterocycles. The standard InChI is InChI=1S/C18H27NO3/c1-19-11-13-9-16(21-2)17(22-3)10-14(13)15(12-19)18(20)7-5-4-6-8-18/h9-10,15,20H,4-8,11-12H2,1-3H3. The van der Waals surface area contributed by atoms with E-state index in [4.69, 9.17) is 9.47 Å². The van der Waals surface area contributed by atoms with Gasteiger partial charge < -0.3 is 19.5 Å². The van der Waals surface area contributed by atoms with Crippen LogP contribution in [0.2, 0.25) is 0 Å². The molecule has 0 bridgehead atoms. The largest absolute Gasteiger partial charge is 0.493 e. The Labute approximate surface area is 133 Å². The molecule has 2 aliphatic rings. The molecule has 0 radical (unpaired) electrons. The molecular formula is C18H27NO3. The number of likely N-dealkylation sites (N-methyl/N-ethyl adjacent to an activating group) is 1. The van der Waals surface area contributed by atoms with E-state index in [9.17, 15) is 5.11 Å². The molecule has 3 rings (SSSR count). The number of ether oxygens (including phenoxy) is 2. The molecule has 1 N–H and O–H groups in total. The van der Waals surface area contributed by atoms with Crippen molar-refractivity contribution in [2.75, 3.05) is 27.8 Å². The molecule has 1 aliphatic heterocycles. The van der Waals surface area contributed by atoms with Crippen LogP contribution >= 0.6 is 0 Å². The molecule has 1 saturated carbocycles. The average molecular weight is 305 g/mol. The van der Waals surface area contributed by atoms with Crippen LogP contribution in [0.5, 0.6) is 11.5 Å². The highest BCUT2D eigenvalue weighted by Crippen LogP contribution is 2.46. The Kier molecular flexibility index (Phi) is 4.33. The van der Waals surface area contributed by atoms with Crippen molar-refractivity contribution >= 4 is 0 Å². The number of rotatable bonds is 3. The predicted molar refractivity (Wildman–Crippen MR) is 86.7 cm³/mol. The Hall–Kier alpha value is -1.26. The maximum absolute atomic E-state index is 11.3. The maximum atomic E-state index is 11.3. The minimum Gasteiger partial charge on any atom is -0.493 e. The van der Waals surface area contributed by atoms with Crippen molar-refractivity contribution in [3.63, 3.8) is 0 Å². The molecule has 0 amide bonds. The highest BCUT2D eigenvalue weighted by molar-refractivity contribution is 5.50. The summed E-state index contributed by atoms with van der Waals surface area (Å²) in [6.07, 6.45) is 5.29. The van der Waals surface area contributed by atoms with Crippen molar-refractivity contribution in [1.29, 1.82) is 0 Å². The van der Waals surface area contributed by atoms with Gasteiger partial charge in [-0.15, -0.1) is 0 Å². The lowest BCUT2D eigenvalue weighted by Crippen LogP contribution is -2.46. The summed E-state index contributed by atoms with van der Waals surface area (Å²) >= 11 is 0. The number of fused-ring (bicyclic) bond motifs is 1. The van der Waals surface area contributed by atoms with Gasteiger partial charge in [-0.1, -0.05) is 19.3 Å². The summed E-state index contributed by atoms with van der Waals surface area (Å²) in [7, 11) is 5.46. The van der Waals surface area contributed by atoms with E-state index in [1.165, 1.54) is 17.5 Å². The lowest BCUT2D eigenvalue weighted by Gasteiger charge is -2.44. The van der Waals surface area contributed by atoms with E-state index in [1.807, 2.05) is 0 Å². The first-order valence-electron chi connectivity index (χ1n) is 8.23. The summed E-state index contributed by atoms with van der Waals surface area (Å²) in [5, 5.41) is 11.3. The Morgan fingerprint density at radius 1 is 1.09 bits per heavy atom. The highest BCUT2D eigenvalue weighted by Gasteiger charge is 2.42. The van der Waals surface area contributed by atoms with Gasteiger partial charge in [0.15, 0.2) is 11.5 Å². The summed E-state index contributed by atoms with van der Waals surface area (Å²) in [6.45, 7) is 1.79. The predicted octanol–water partition coefficient (Wildman–Crippen LogP) is 2.93. The van der Waals surface area contributed by atoms with E-state index in [1.54, 1.807) is 14.2 Å². The van der Waals surface area contributed by atoms with Crippen molar-refractivity contribution in [3.8, 4) is 11.5 Å². The molecule has 0 saturated heterocycles. The second kappa shape index (κ2) is 6.09. The number of methoxy groups -OCH3 is 2. The highest BCUT2D eigenvalue weighted by atomic mass is 16.5. The minimum absolute atomic E-state index is 0.154. The van der Waals surface area contributed by atoms with E-state index in [0.29, 0.717) is 0 Å². The number of benzene rings is 1. The smallest absolute Gasteiger partial charge is 0.161 e. The number of hydrogen-bond acceptors (Lipinski definition) is 4. The van der Waals surface area contributed by atoms with Crippen molar-refractivity contribution in [2.24, 2.45) is 0 Å². The van der Waals surface area contributed by atoms with E-state index >= 15 is 0 Å². The molecule has 1 unspecified atom stereocenters. The number of hydrogen-bond donors (Lipinski definition) is 1. The van der Waals surface area contributed by atoms with E-state index in [2.05, 4.69) is 24.1 Å². The summed E-state index contributed by atoms with van der Waals surface area (Å²) in [5.74, 6) is 1.68. The van der Waals surface area contributed by atoms with Crippen molar-refractivity contribution < 1.29 is 14.6 Å². The summed E-state index contributed by atoms with van der Waals surface area (Å²) in [5.41, 5.74) is 1.90. The van der Waals surface area contributed by atoms with Crippen LogP contribution in [0.1, 0.15) is 49.1 Å². The first-order chi connectivity index (χ1) is 10.6. The zero-order chi connectivity index (χ0) is 15.7. The van der Waals surface area contributed by atoms with Gasteiger partial charge in [0.2, 0.25) is 0 Å². The van der Waals surface area contributed by atoms with Crippen LogP contribution in [0.4, 0.5) is 0 Å². The average Bonchev–Trinajstić information content (AvgIpc) is 2.53. The number of nitrogens with zero attached hydrogens (tertiary/aromatic N) is 1. The normalized spacial score (nSPS) is 24.6. The third kappa shape index (κ3) is 2.70. The van der Waals surface area contributed by atoms with Crippen LogP contribution in [0.15, 0.2) is 12.1 Å². The van der Waals surface area contributed by atoms with Gasteiger partial charge in [-0.2, -0.15) is 0 Å². The lowest BCUT2D eigenvalue weighted by atomic mass is 9.70. The molecule has 22 heavy (non-hydrogen) atoms. The summed E-state index contributed by atoms with van der Waals surface area (Å²) < 4.78 is 10.9. The van der Waals surface area contributed by atoms with Gasteiger partial charge in [-0.25, -0.2) is 0 Å². The molecule has 1 fully saturated rings. The van der Waals surface area contributed by atoms with Gasteiger partial charge in [0.1, 0.15) is 0 Å². The van der Waals surface area contributed by atoms with E-state index in [-0.39, 0.29) is 5.92 Å². The fraction of sp³-hybridized carbons (Fsp3) is 0.667. The zero-order valence-electron chi connectivity index (χ0n) is 13.9. The van der Waals surface area contributed by atoms with Gasteiger partial charge in [0.25, 0.3) is 0 Å². The maximum Gasteiger partial charge on any atom is 0.161 e. The van der Waals surface area contributed by atoms with Crippen LogP contribution < -0.4 is 9.47 Å². The Balaban J connectivity index is 2.04. The second-order valence-electron chi connectivity index (χ2n) is 6.82. The first-order valence-corrected chi connectivity index (χ1v) is 8.23. The van der Waals surface area contributed by atoms with Crippen molar-refractivity contribution in [3.05, 3.63) is 23.3 Å². The Bertz CT molecular complexity index is 537. The van der Waals surface area contributed by atoms with Crippen LogP contribution in [-0.2, 0) is 6.54 Å². The Morgan fingerprint density at radius 2 is 1.73 bits per heavy atom. The molecule has 1 aromatic rings. The topological polar surface area (TPSA) is 41.9 Å². The molecule has 0 spiro atoms. The van der Waals surface area contributed by atoms with Gasteiger partial charge in [-0.05, 0) is 43.1 Å².